The lowest BCUT2D eigenvalue weighted by atomic mass is 9.82. The third-order valence-electron chi connectivity index (χ3n) is 5.58. The first-order valence-electron chi connectivity index (χ1n) is 9.66. The van der Waals surface area contributed by atoms with Crippen LogP contribution in [0.2, 0.25) is 0 Å². The average Bonchev–Trinajstić information content (AvgIpc) is 2.73. The largest absolute Gasteiger partial charge is 0.445 e. The van der Waals surface area contributed by atoms with E-state index in [2.05, 4.69) is 0 Å². The Kier molecular flexibility index (Phi) is 5.30. The number of halogens is 2. The maximum absolute atomic E-state index is 13.8. The second-order valence-corrected chi connectivity index (χ2v) is 7.42. The van der Waals surface area contributed by atoms with Gasteiger partial charge in [-0.05, 0) is 54.5 Å². The van der Waals surface area contributed by atoms with E-state index in [0.717, 1.165) is 42.5 Å². The van der Waals surface area contributed by atoms with Crippen LogP contribution in [0, 0.1) is 23.0 Å². The maximum atomic E-state index is 13.8. The number of piperidine rings is 1. The van der Waals surface area contributed by atoms with E-state index in [9.17, 15) is 18.8 Å². The van der Waals surface area contributed by atoms with Crippen LogP contribution >= 0.6 is 0 Å². The first-order valence-corrected chi connectivity index (χ1v) is 9.66. The summed E-state index contributed by atoms with van der Waals surface area (Å²) in [5.41, 5.74) is 2.20. The van der Waals surface area contributed by atoms with Crippen molar-refractivity contribution < 1.29 is 18.3 Å². The van der Waals surface area contributed by atoms with Crippen molar-refractivity contribution in [1.82, 2.24) is 4.90 Å². The van der Waals surface area contributed by atoms with Crippen molar-refractivity contribution >= 4 is 11.7 Å². The van der Waals surface area contributed by atoms with Crippen LogP contribution in [-0.2, 0) is 11.3 Å². The van der Waals surface area contributed by atoms with Gasteiger partial charge in [0.05, 0.1) is 17.7 Å². The highest BCUT2D eigenvalue weighted by atomic mass is 19.2. The second-order valence-electron chi connectivity index (χ2n) is 7.42. The Labute approximate surface area is 168 Å². The van der Waals surface area contributed by atoms with Gasteiger partial charge in [0.1, 0.15) is 6.61 Å². The summed E-state index contributed by atoms with van der Waals surface area (Å²) in [6.07, 6.45) is 4.56. The Bertz CT molecular complexity index is 998. The molecular formula is C23H20F2N2O2. The Balaban J connectivity index is 1.57. The molecule has 2 aliphatic heterocycles. The van der Waals surface area contributed by atoms with E-state index >= 15 is 0 Å². The number of carbonyl (C=O) groups is 1. The lowest BCUT2D eigenvalue weighted by molar-refractivity contribution is 0.0510. The molecule has 2 aromatic rings. The van der Waals surface area contributed by atoms with Gasteiger partial charge in [0, 0.05) is 6.04 Å². The molecule has 2 bridgehead atoms. The first kappa shape index (κ1) is 19.1. The average molecular weight is 394 g/mol. The molecular weight excluding hydrogens is 374 g/mol. The van der Waals surface area contributed by atoms with Gasteiger partial charge >= 0.3 is 6.09 Å². The Morgan fingerprint density at radius 1 is 1.17 bits per heavy atom. The molecule has 0 aliphatic carbocycles. The summed E-state index contributed by atoms with van der Waals surface area (Å²) in [4.78, 5) is 14.5. The molecule has 29 heavy (non-hydrogen) atoms. The fourth-order valence-corrected chi connectivity index (χ4v) is 4.21. The summed E-state index contributed by atoms with van der Waals surface area (Å²) in [6.45, 7) is 0.202. The Morgan fingerprint density at radius 2 is 1.93 bits per heavy atom. The molecule has 2 heterocycles. The lowest BCUT2D eigenvalue weighted by Crippen LogP contribution is -2.51. The maximum Gasteiger partial charge on any atom is 0.410 e. The van der Waals surface area contributed by atoms with Crippen LogP contribution in [0.5, 0.6) is 0 Å². The molecule has 6 heteroatoms. The van der Waals surface area contributed by atoms with Crippen LogP contribution in [0.1, 0.15) is 42.4 Å². The summed E-state index contributed by atoms with van der Waals surface area (Å²) in [7, 11) is 0. The molecule has 2 unspecified atom stereocenters. The van der Waals surface area contributed by atoms with Crippen molar-refractivity contribution in [3.63, 3.8) is 0 Å². The molecule has 1 amide bonds. The monoisotopic (exact) mass is 394 g/mol. The molecule has 1 fully saturated rings. The molecule has 0 N–H and O–H groups in total. The molecule has 1 saturated heterocycles. The van der Waals surface area contributed by atoms with Gasteiger partial charge in [0.2, 0.25) is 0 Å². The Hall–Kier alpha value is -3.20. The number of fused-ring (bicyclic) bond motifs is 2. The minimum Gasteiger partial charge on any atom is -0.445 e. The van der Waals surface area contributed by atoms with E-state index in [0.29, 0.717) is 12.0 Å². The number of hydrogen-bond donors (Lipinski definition) is 0. The van der Waals surface area contributed by atoms with Crippen molar-refractivity contribution in [2.45, 2.75) is 44.4 Å². The van der Waals surface area contributed by atoms with Gasteiger partial charge < -0.3 is 4.74 Å². The zero-order valence-corrected chi connectivity index (χ0v) is 15.8. The van der Waals surface area contributed by atoms with E-state index in [1.807, 2.05) is 42.5 Å². The number of benzene rings is 2. The van der Waals surface area contributed by atoms with Crippen LogP contribution in [0.25, 0.3) is 5.57 Å². The van der Waals surface area contributed by atoms with E-state index in [4.69, 9.17) is 4.74 Å². The molecule has 2 atom stereocenters. The van der Waals surface area contributed by atoms with Crippen molar-refractivity contribution in [2.75, 3.05) is 0 Å². The number of nitrogens with zero attached hydrogens (tertiary/aromatic N) is 2. The number of carbonyl (C=O) groups excluding carboxylic acids is 1. The zero-order chi connectivity index (χ0) is 20.4. The van der Waals surface area contributed by atoms with Gasteiger partial charge in [-0.25, -0.2) is 13.6 Å². The summed E-state index contributed by atoms with van der Waals surface area (Å²) in [5, 5.41) is 9.33. The van der Waals surface area contributed by atoms with Gasteiger partial charge in [-0.3, -0.25) is 4.90 Å². The minimum absolute atomic E-state index is 0.0864. The quantitative estimate of drug-likeness (QED) is 0.720. The number of ether oxygens (including phenoxy) is 1. The van der Waals surface area contributed by atoms with Crippen LogP contribution in [0.4, 0.5) is 13.6 Å². The summed E-state index contributed by atoms with van der Waals surface area (Å²) in [5.74, 6) is -2.01. The van der Waals surface area contributed by atoms with E-state index in [-0.39, 0.29) is 30.3 Å². The van der Waals surface area contributed by atoms with Gasteiger partial charge in [-0.1, -0.05) is 36.4 Å². The molecule has 0 saturated carbocycles. The van der Waals surface area contributed by atoms with Crippen LogP contribution in [0.15, 0.2) is 48.5 Å². The van der Waals surface area contributed by atoms with Crippen molar-refractivity contribution in [1.29, 1.82) is 5.26 Å². The van der Waals surface area contributed by atoms with Crippen LogP contribution in [0.3, 0.4) is 0 Å². The van der Waals surface area contributed by atoms with Crippen molar-refractivity contribution in [3.05, 3.63) is 76.9 Å². The van der Waals surface area contributed by atoms with Crippen molar-refractivity contribution in [3.8, 4) is 6.07 Å². The number of nitriles is 1. The smallest absolute Gasteiger partial charge is 0.410 e. The third kappa shape index (κ3) is 3.86. The van der Waals surface area contributed by atoms with Crippen LogP contribution < -0.4 is 0 Å². The molecule has 2 aromatic carbocycles. The van der Waals surface area contributed by atoms with Crippen LogP contribution in [-0.4, -0.2) is 23.1 Å². The SMILES string of the molecule is N#Cc1cc(F)c(F)cc1C1=CC2CCCC(C1)N2C(=O)OCc1ccccc1. The van der Waals surface area contributed by atoms with Gasteiger partial charge in [-0.15, -0.1) is 0 Å². The highest BCUT2D eigenvalue weighted by molar-refractivity contribution is 5.76. The number of hydrogen-bond acceptors (Lipinski definition) is 3. The highest BCUT2D eigenvalue weighted by Crippen LogP contribution is 2.38. The standard InChI is InChI=1S/C23H20F2N2O2/c24-21-11-17(13-26)20(12-22(21)25)16-9-18-7-4-8-19(10-16)27(18)23(28)29-14-15-5-2-1-3-6-15/h1-3,5-6,9,11-12,18-19H,4,7-8,10,14H2. The summed E-state index contributed by atoms with van der Waals surface area (Å²) < 4.78 is 32.9. The molecule has 4 nitrogen and oxygen atoms in total. The highest BCUT2D eigenvalue weighted by Gasteiger charge is 2.38. The van der Waals surface area contributed by atoms with Gasteiger partial charge in [0.15, 0.2) is 11.6 Å². The first-order chi connectivity index (χ1) is 14.1. The molecule has 0 spiro atoms. The number of amides is 1. The molecule has 0 radical (unpaired) electrons. The molecule has 0 aromatic heterocycles. The van der Waals surface area contributed by atoms with E-state index < -0.39 is 11.6 Å². The van der Waals surface area contributed by atoms with Crippen molar-refractivity contribution in [2.24, 2.45) is 0 Å². The molecule has 2 aliphatic rings. The summed E-state index contributed by atoms with van der Waals surface area (Å²) >= 11 is 0. The van der Waals surface area contributed by atoms with E-state index in [1.165, 1.54) is 0 Å². The molecule has 148 valence electrons. The van der Waals surface area contributed by atoms with Gasteiger partial charge in [0.25, 0.3) is 0 Å². The third-order valence-corrected chi connectivity index (χ3v) is 5.58. The van der Waals surface area contributed by atoms with Gasteiger partial charge in [-0.2, -0.15) is 5.26 Å². The topological polar surface area (TPSA) is 53.3 Å². The lowest BCUT2D eigenvalue weighted by Gasteiger charge is -2.44. The zero-order valence-electron chi connectivity index (χ0n) is 15.8. The minimum atomic E-state index is -1.03. The molecule has 4 rings (SSSR count). The predicted molar refractivity (Wildman–Crippen MR) is 104 cm³/mol. The fourth-order valence-electron chi connectivity index (χ4n) is 4.21. The van der Waals surface area contributed by atoms with E-state index in [1.54, 1.807) is 4.90 Å². The second kappa shape index (κ2) is 8.04. The fraction of sp³-hybridized carbons (Fsp3) is 0.304. The number of rotatable bonds is 3. The Morgan fingerprint density at radius 3 is 2.66 bits per heavy atom. The predicted octanol–water partition coefficient (Wildman–Crippen LogP) is 5.18. The normalized spacial score (nSPS) is 20.6. The summed E-state index contributed by atoms with van der Waals surface area (Å²) in [6, 6.07) is 13.2.